The number of nitrogens with one attached hydrogen (secondary N) is 2. The topological polar surface area (TPSA) is 66.1 Å². The summed E-state index contributed by atoms with van der Waals surface area (Å²) < 4.78 is 5.97. The maximum atomic E-state index is 5.97. The first-order valence-corrected chi connectivity index (χ1v) is 8.90. The van der Waals surface area contributed by atoms with Crippen molar-refractivity contribution in [2.24, 2.45) is 0 Å². The lowest BCUT2D eigenvalue weighted by atomic mass is 10.1. The number of aromatic nitrogens is 3. The number of aromatic amines is 1. The number of rotatable bonds is 5. The first kappa shape index (κ1) is 16.8. The number of ether oxygens (including phenoxy) is 1. The lowest BCUT2D eigenvalue weighted by Crippen LogP contribution is -2.38. The van der Waals surface area contributed by atoms with Crippen LogP contribution in [-0.2, 0) is 11.3 Å². The van der Waals surface area contributed by atoms with Gasteiger partial charge in [-0.15, -0.1) is 0 Å². The quantitative estimate of drug-likeness (QED) is 0.741. The number of hydrogen-bond acceptors (Lipinski definition) is 5. The van der Waals surface area contributed by atoms with Crippen LogP contribution in [0.2, 0.25) is 0 Å². The Morgan fingerprint density at radius 1 is 1.19 bits per heavy atom. The molecule has 0 spiro atoms. The molecule has 1 aliphatic rings. The third-order valence-electron chi connectivity index (χ3n) is 4.68. The fourth-order valence-electron chi connectivity index (χ4n) is 3.32. The summed E-state index contributed by atoms with van der Waals surface area (Å²) >= 11 is 0. The van der Waals surface area contributed by atoms with Gasteiger partial charge in [-0.3, -0.25) is 10.00 Å². The van der Waals surface area contributed by atoms with Crippen molar-refractivity contribution in [3.63, 3.8) is 0 Å². The largest absolute Gasteiger partial charge is 0.373 e. The molecular weight excluding hydrogens is 326 g/mol. The van der Waals surface area contributed by atoms with Crippen LogP contribution in [0.25, 0.3) is 11.3 Å². The predicted octanol–water partition coefficient (Wildman–Crippen LogP) is 3.09. The molecule has 2 aromatic heterocycles. The van der Waals surface area contributed by atoms with Gasteiger partial charge in [-0.05, 0) is 17.7 Å². The van der Waals surface area contributed by atoms with Gasteiger partial charge in [0, 0.05) is 32.2 Å². The highest BCUT2D eigenvalue weighted by Crippen LogP contribution is 2.26. The monoisotopic (exact) mass is 349 g/mol. The number of benzene rings is 1. The molecule has 6 heteroatoms. The fourth-order valence-corrected chi connectivity index (χ4v) is 3.32. The summed E-state index contributed by atoms with van der Waals surface area (Å²) in [6.07, 6.45) is 1.91. The molecule has 26 heavy (non-hydrogen) atoms. The smallest absolute Gasteiger partial charge is 0.126 e. The Morgan fingerprint density at radius 2 is 2.08 bits per heavy atom. The SMILES string of the molecule is CNc1cccc(C2CN(Cc3cn[nH]c3-c3ccccc3)CCO2)n1. The number of pyridine rings is 1. The highest BCUT2D eigenvalue weighted by atomic mass is 16.5. The van der Waals surface area contributed by atoms with E-state index >= 15 is 0 Å². The fraction of sp³-hybridized carbons (Fsp3) is 0.300. The van der Waals surface area contributed by atoms with E-state index in [1.807, 2.05) is 49.6 Å². The van der Waals surface area contributed by atoms with E-state index in [1.54, 1.807) is 0 Å². The van der Waals surface area contributed by atoms with Crippen molar-refractivity contribution >= 4 is 5.82 Å². The average molecular weight is 349 g/mol. The van der Waals surface area contributed by atoms with Gasteiger partial charge in [0.2, 0.25) is 0 Å². The molecule has 3 heterocycles. The standard InChI is InChI=1S/C20H23N5O/c1-21-19-9-5-8-17(23-19)18-14-25(10-11-26-18)13-16-12-22-24-20(16)15-6-3-2-4-7-15/h2-9,12,18H,10-11,13-14H2,1H3,(H,21,23)(H,22,24). The molecule has 134 valence electrons. The van der Waals surface area contributed by atoms with Gasteiger partial charge >= 0.3 is 0 Å². The normalized spacial score (nSPS) is 18.0. The van der Waals surface area contributed by atoms with Gasteiger partial charge in [-0.25, -0.2) is 4.98 Å². The average Bonchev–Trinajstić information content (AvgIpc) is 3.17. The molecule has 3 aromatic rings. The van der Waals surface area contributed by atoms with Crippen LogP contribution < -0.4 is 5.32 Å². The van der Waals surface area contributed by atoms with Crippen LogP contribution >= 0.6 is 0 Å². The zero-order chi connectivity index (χ0) is 17.8. The molecule has 1 fully saturated rings. The Labute approximate surface area is 153 Å². The van der Waals surface area contributed by atoms with Crippen molar-refractivity contribution < 1.29 is 4.74 Å². The lowest BCUT2D eigenvalue weighted by Gasteiger charge is -2.32. The summed E-state index contributed by atoms with van der Waals surface area (Å²) in [6.45, 7) is 3.27. The number of anilines is 1. The van der Waals surface area contributed by atoms with Crippen molar-refractivity contribution in [2.75, 3.05) is 32.1 Å². The predicted molar refractivity (Wildman–Crippen MR) is 102 cm³/mol. The Bertz CT molecular complexity index is 848. The molecule has 0 amide bonds. The molecule has 1 aliphatic heterocycles. The van der Waals surface area contributed by atoms with E-state index in [2.05, 4.69) is 37.5 Å². The summed E-state index contributed by atoms with van der Waals surface area (Å²) in [5.41, 5.74) is 4.42. The van der Waals surface area contributed by atoms with Crippen LogP contribution in [-0.4, -0.2) is 46.8 Å². The van der Waals surface area contributed by atoms with Crippen molar-refractivity contribution in [2.45, 2.75) is 12.6 Å². The van der Waals surface area contributed by atoms with Crippen LogP contribution in [0, 0.1) is 0 Å². The number of nitrogens with zero attached hydrogens (tertiary/aromatic N) is 3. The number of H-pyrrole nitrogens is 1. The minimum atomic E-state index is -0.0101. The van der Waals surface area contributed by atoms with E-state index in [0.29, 0.717) is 6.61 Å². The van der Waals surface area contributed by atoms with E-state index < -0.39 is 0 Å². The minimum Gasteiger partial charge on any atom is -0.373 e. The third-order valence-corrected chi connectivity index (χ3v) is 4.68. The lowest BCUT2D eigenvalue weighted by molar-refractivity contribution is -0.0348. The summed E-state index contributed by atoms with van der Waals surface area (Å²) in [6, 6.07) is 16.3. The molecule has 1 aromatic carbocycles. The van der Waals surface area contributed by atoms with Crippen molar-refractivity contribution in [1.29, 1.82) is 0 Å². The Kier molecular flexibility index (Phi) is 4.95. The van der Waals surface area contributed by atoms with E-state index in [9.17, 15) is 0 Å². The van der Waals surface area contributed by atoms with Crippen molar-refractivity contribution in [3.05, 3.63) is 66.0 Å². The van der Waals surface area contributed by atoms with E-state index in [4.69, 9.17) is 4.74 Å². The molecule has 1 saturated heterocycles. The van der Waals surface area contributed by atoms with Crippen LogP contribution in [0.15, 0.2) is 54.7 Å². The molecule has 0 aliphatic carbocycles. The Hall–Kier alpha value is -2.70. The van der Waals surface area contributed by atoms with Crippen molar-refractivity contribution in [1.82, 2.24) is 20.1 Å². The van der Waals surface area contributed by atoms with Gasteiger partial charge in [0.25, 0.3) is 0 Å². The van der Waals surface area contributed by atoms with Gasteiger partial charge in [0.1, 0.15) is 11.9 Å². The zero-order valence-corrected chi connectivity index (χ0v) is 14.9. The molecule has 0 bridgehead atoms. The van der Waals surface area contributed by atoms with E-state index in [0.717, 1.165) is 42.4 Å². The van der Waals surface area contributed by atoms with Gasteiger partial charge in [-0.1, -0.05) is 36.4 Å². The van der Waals surface area contributed by atoms with Crippen LogP contribution in [0.5, 0.6) is 0 Å². The second-order valence-electron chi connectivity index (χ2n) is 6.43. The molecule has 0 saturated carbocycles. The van der Waals surface area contributed by atoms with E-state index in [1.165, 1.54) is 5.56 Å². The summed E-state index contributed by atoms with van der Waals surface area (Å²) in [5.74, 6) is 0.865. The molecule has 1 atom stereocenters. The summed E-state index contributed by atoms with van der Waals surface area (Å²) in [4.78, 5) is 7.03. The first-order valence-electron chi connectivity index (χ1n) is 8.90. The van der Waals surface area contributed by atoms with Crippen LogP contribution in [0.4, 0.5) is 5.82 Å². The summed E-state index contributed by atoms with van der Waals surface area (Å²) in [5, 5.41) is 10.5. The van der Waals surface area contributed by atoms with Gasteiger partial charge in [-0.2, -0.15) is 5.10 Å². The van der Waals surface area contributed by atoms with Crippen molar-refractivity contribution in [3.8, 4) is 11.3 Å². The van der Waals surface area contributed by atoms with E-state index in [-0.39, 0.29) is 6.10 Å². The van der Waals surface area contributed by atoms with Gasteiger partial charge in [0.15, 0.2) is 0 Å². The molecule has 4 rings (SSSR count). The summed E-state index contributed by atoms with van der Waals surface area (Å²) in [7, 11) is 1.88. The van der Waals surface area contributed by atoms with Gasteiger partial charge in [0.05, 0.1) is 24.2 Å². The zero-order valence-electron chi connectivity index (χ0n) is 14.9. The first-order chi connectivity index (χ1) is 12.8. The number of hydrogen-bond donors (Lipinski definition) is 2. The highest BCUT2D eigenvalue weighted by molar-refractivity contribution is 5.62. The van der Waals surface area contributed by atoms with Crippen LogP contribution in [0.1, 0.15) is 17.4 Å². The number of morpholine rings is 1. The highest BCUT2D eigenvalue weighted by Gasteiger charge is 2.24. The molecule has 2 N–H and O–H groups in total. The minimum absolute atomic E-state index is 0.0101. The Morgan fingerprint density at radius 3 is 2.92 bits per heavy atom. The molecular formula is C20H23N5O. The molecule has 6 nitrogen and oxygen atoms in total. The molecule has 1 unspecified atom stereocenters. The Balaban J connectivity index is 1.49. The van der Waals surface area contributed by atoms with Gasteiger partial charge < -0.3 is 10.1 Å². The van der Waals surface area contributed by atoms with Crippen LogP contribution in [0.3, 0.4) is 0 Å². The maximum Gasteiger partial charge on any atom is 0.126 e. The molecule has 0 radical (unpaired) electrons. The second-order valence-corrected chi connectivity index (χ2v) is 6.43. The second kappa shape index (κ2) is 7.68. The maximum absolute atomic E-state index is 5.97. The third kappa shape index (κ3) is 3.61.